The second kappa shape index (κ2) is 13.7. The van der Waals surface area contributed by atoms with Gasteiger partial charge < -0.3 is 9.47 Å². The molecule has 0 amide bonds. The molecule has 1 atom stereocenters. The van der Waals surface area contributed by atoms with Crippen LogP contribution in [0.5, 0.6) is 0 Å². The normalized spacial score (nSPS) is 19.3. The highest BCUT2D eigenvalue weighted by Gasteiger charge is 2.33. The van der Waals surface area contributed by atoms with E-state index >= 15 is 0 Å². The van der Waals surface area contributed by atoms with E-state index in [2.05, 4.69) is 151 Å². The molecule has 0 saturated heterocycles. The first kappa shape index (κ1) is 30.6. The summed E-state index contributed by atoms with van der Waals surface area (Å²) in [6, 6.07) is 18.2. The Hall–Kier alpha value is -5.08. The molecule has 0 spiro atoms. The summed E-state index contributed by atoms with van der Waals surface area (Å²) in [5.74, 6) is 0.635. The van der Waals surface area contributed by atoms with Crippen molar-refractivity contribution in [3.05, 3.63) is 191 Å². The van der Waals surface area contributed by atoms with Gasteiger partial charge in [0.1, 0.15) is 0 Å². The fraction of sp³-hybridized carbons (Fsp3) is 0.200. The van der Waals surface area contributed by atoms with Gasteiger partial charge in [-0.2, -0.15) is 0 Å². The molecule has 2 nitrogen and oxygen atoms in total. The molecule has 0 radical (unpaired) electrons. The van der Waals surface area contributed by atoms with Crippen LogP contribution in [0, 0.1) is 0 Å². The van der Waals surface area contributed by atoms with Crippen molar-refractivity contribution in [3.8, 4) is 0 Å². The molecule has 0 fully saturated rings. The number of hydrogen-bond acceptors (Lipinski definition) is 1. The van der Waals surface area contributed by atoms with E-state index < -0.39 is 0 Å². The van der Waals surface area contributed by atoms with Crippen molar-refractivity contribution in [2.24, 2.45) is 0 Å². The maximum Gasteiger partial charge on any atom is 0.0641 e. The van der Waals surface area contributed by atoms with E-state index in [-0.39, 0.29) is 5.92 Å². The number of anilines is 2. The Morgan fingerprint density at radius 3 is 2.49 bits per heavy atom. The lowest BCUT2D eigenvalue weighted by Gasteiger charge is -2.27. The molecule has 4 aliphatic rings. The van der Waals surface area contributed by atoms with Crippen molar-refractivity contribution < 1.29 is 0 Å². The molecule has 0 saturated carbocycles. The van der Waals surface area contributed by atoms with E-state index in [0.717, 1.165) is 37.8 Å². The van der Waals surface area contributed by atoms with Gasteiger partial charge in [-0.1, -0.05) is 123 Å². The van der Waals surface area contributed by atoms with E-state index in [4.69, 9.17) is 0 Å². The third-order valence-corrected chi connectivity index (χ3v) is 10.0. The topological polar surface area (TPSA) is 8.17 Å². The summed E-state index contributed by atoms with van der Waals surface area (Å²) in [6.07, 6.45) is 39.3. The van der Waals surface area contributed by atoms with Crippen molar-refractivity contribution in [2.45, 2.75) is 57.9 Å². The van der Waals surface area contributed by atoms with Gasteiger partial charge in [-0.15, -0.1) is 0 Å². The quantitative estimate of drug-likeness (QED) is 0.230. The van der Waals surface area contributed by atoms with Crippen LogP contribution in [0.1, 0.15) is 78.6 Å². The summed E-state index contributed by atoms with van der Waals surface area (Å²) in [5.41, 5.74) is 15.0. The maximum atomic E-state index is 4.06. The molecule has 234 valence electrons. The van der Waals surface area contributed by atoms with E-state index in [0.29, 0.717) is 5.92 Å². The van der Waals surface area contributed by atoms with E-state index in [1.54, 1.807) is 0 Å². The predicted molar refractivity (Wildman–Crippen MR) is 202 cm³/mol. The van der Waals surface area contributed by atoms with Crippen LogP contribution in [0.4, 0.5) is 11.4 Å². The SMILES string of the molecule is C=CC(/C=C\C=C/C)=C\C=C/n1c2c(c3c1CN(c1ccc(C4C=CC=C4)cc1)c1ccccc1C3C)CCC(C1=CC=CCC1)=C2. The summed E-state index contributed by atoms with van der Waals surface area (Å²) >= 11 is 0. The lowest BCUT2D eigenvalue weighted by molar-refractivity contribution is 0.849. The molecule has 47 heavy (non-hydrogen) atoms. The highest BCUT2D eigenvalue weighted by Crippen LogP contribution is 2.47. The average molecular weight is 613 g/mol. The van der Waals surface area contributed by atoms with E-state index in [1.165, 1.54) is 56.2 Å². The molecule has 1 unspecified atom stereocenters. The molecule has 0 bridgehead atoms. The van der Waals surface area contributed by atoms with Crippen molar-refractivity contribution >= 4 is 23.7 Å². The summed E-state index contributed by atoms with van der Waals surface area (Å²) in [4.78, 5) is 2.53. The van der Waals surface area contributed by atoms with Crippen molar-refractivity contribution in [1.82, 2.24) is 4.57 Å². The third-order valence-electron chi connectivity index (χ3n) is 10.0. The first-order chi connectivity index (χ1) is 23.2. The van der Waals surface area contributed by atoms with Crippen molar-refractivity contribution in [3.63, 3.8) is 0 Å². The Morgan fingerprint density at radius 2 is 1.72 bits per heavy atom. The van der Waals surface area contributed by atoms with E-state index in [1.807, 2.05) is 25.2 Å². The van der Waals surface area contributed by atoms with Crippen molar-refractivity contribution in [1.29, 1.82) is 0 Å². The molecular weight excluding hydrogens is 569 g/mol. The minimum atomic E-state index is 0.275. The predicted octanol–water partition coefficient (Wildman–Crippen LogP) is 11.8. The smallest absolute Gasteiger partial charge is 0.0641 e. The molecule has 2 heterocycles. The van der Waals surface area contributed by atoms with Crippen LogP contribution in [-0.2, 0) is 13.0 Å². The second-order valence-electron chi connectivity index (χ2n) is 12.8. The van der Waals surface area contributed by atoms with Gasteiger partial charge in [0, 0.05) is 40.8 Å². The Morgan fingerprint density at radius 1 is 0.894 bits per heavy atom. The molecule has 2 aromatic carbocycles. The maximum absolute atomic E-state index is 4.06. The number of rotatable bonds is 8. The standard InChI is InChI=1S/C45H44N2/c1-4-6-8-16-34(5-2)17-15-30-46-43-31-38(36-18-9-7-10-19-36)26-29-41(43)45-33(3)40-22-13-14-23-42(40)47(32-44(45)46)39-27-24-37(25-28-39)35-20-11-12-21-35/h4-9,11-18,20-25,27-28,30-31,33,35H,2,10,19,26,29,32H2,1,3H3/b6-4-,16-8-,30-15-,34-17+. The monoisotopic (exact) mass is 612 g/mol. The number of nitrogens with zero attached hydrogens (tertiary/aromatic N) is 2. The first-order valence-electron chi connectivity index (χ1n) is 17.1. The molecular formula is C45H44N2. The van der Waals surface area contributed by atoms with Crippen LogP contribution < -0.4 is 4.90 Å². The molecule has 7 rings (SSSR count). The Balaban J connectivity index is 1.37. The summed E-state index contributed by atoms with van der Waals surface area (Å²) in [5, 5.41) is 0. The Labute approximate surface area is 280 Å². The van der Waals surface area contributed by atoms with Crippen LogP contribution in [0.25, 0.3) is 12.3 Å². The fourth-order valence-corrected chi connectivity index (χ4v) is 7.58. The zero-order chi connectivity index (χ0) is 32.2. The Bertz CT molecular complexity index is 1930. The van der Waals surface area contributed by atoms with E-state index in [9.17, 15) is 0 Å². The van der Waals surface area contributed by atoms with Crippen LogP contribution in [-0.4, -0.2) is 4.57 Å². The van der Waals surface area contributed by atoms with Gasteiger partial charge in [-0.25, -0.2) is 0 Å². The van der Waals surface area contributed by atoms with Crippen LogP contribution in [0.3, 0.4) is 0 Å². The molecule has 0 N–H and O–H groups in total. The van der Waals surface area contributed by atoms with Crippen LogP contribution in [0.15, 0.2) is 157 Å². The zero-order valence-electron chi connectivity index (χ0n) is 27.6. The minimum Gasteiger partial charge on any atom is -0.335 e. The second-order valence-corrected chi connectivity index (χ2v) is 12.8. The molecule has 1 aromatic heterocycles. The summed E-state index contributed by atoms with van der Waals surface area (Å²) in [7, 11) is 0. The first-order valence-corrected chi connectivity index (χ1v) is 17.1. The van der Waals surface area contributed by atoms with Crippen molar-refractivity contribution in [2.75, 3.05) is 4.90 Å². The summed E-state index contributed by atoms with van der Waals surface area (Å²) in [6.45, 7) is 9.30. The van der Waals surface area contributed by atoms with Gasteiger partial charge in [0.15, 0.2) is 0 Å². The van der Waals surface area contributed by atoms with Gasteiger partial charge in [-0.3, -0.25) is 0 Å². The van der Waals surface area contributed by atoms with Crippen LogP contribution >= 0.6 is 0 Å². The van der Waals surface area contributed by atoms with Gasteiger partial charge in [-0.05, 0) is 102 Å². The number of aromatic nitrogens is 1. The summed E-state index contributed by atoms with van der Waals surface area (Å²) < 4.78 is 2.49. The van der Waals surface area contributed by atoms with Gasteiger partial charge in [0.25, 0.3) is 0 Å². The fourth-order valence-electron chi connectivity index (χ4n) is 7.58. The number of para-hydroxylation sites is 1. The van der Waals surface area contributed by atoms with Gasteiger partial charge in [0.2, 0.25) is 0 Å². The zero-order valence-corrected chi connectivity index (χ0v) is 27.6. The average Bonchev–Trinajstić information content (AvgIpc) is 3.74. The number of fused-ring (bicyclic) bond motifs is 4. The number of hydrogen-bond donors (Lipinski definition) is 0. The highest BCUT2D eigenvalue weighted by atomic mass is 15.2. The minimum absolute atomic E-state index is 0.275. The number of benzene rings is 2. The molecule has 3 aromatic rings. The van der Waals surface area contributed by atoms with Gasteiger partial charge in [0.05, 0.1) is 6.54 Å². The third kappa shape index (κ3) is 6.09. The lowest BCUT2D eigenvalue weighted by Crippen LogP contribution is -2.18. The highest BCUT2D eigenvalue weighted by molar-refractivity contribution is 5.75. The van der Waals surface area contributed by atoms with Gasteiger partial charge >= 0.3 is 0 Å². The molecule has 3 aliphatic carbocycles. The largest absolute Gasteiger partial charge is 0.335 e. The Kier molecular flexibility index (Phi) is 8.93. The van der Waals surface area contributed by atoms with Crippen LogP contribution in [0.2, 0.25) is 0 Å². The molecule has 1 aliphatic heterocycles. The lowest BCUT2D eigenvalue weighted by atomic mass is 9.83. The molecule has 2 heteroatoms. The number of allylic oxidation sites excluding steroid dienone is 17.